The molecule has 3 heteroatoms. The first-order chi connectivity index (χ1) is 9.08. The van der Waals surface area contributed by atoms with Crippen molar-refractivity contribution in [1.82, 2.24) is 0 Å². The highest BCUT2D eigenvalue weighted by molar-refractivity contribution is 9.10. The molecule has 2 atom stereocenters. The summed E-state index contributed by atoms with van der Waals surface area (Å²) in [4.78, 5) is 12.4. The summed E-state index contributed by atoms with van der Waals surface area (Å²) in [6.45, 7) is 2.30. The summed E-state index contributed by atoms with van der Waals surface area (Å²) in [6, 6.07) is 5.71. The third kappa shape index (κ3) is 2.58. The lowest BCUT2D eigenvalue weighted by atomic mass is 9.84. The van der Waals surface area contributed by atoms with Crippen molar-refractivity contribution in [2.45, 2.75) is 51.0 Å². The third-order valence-electron chi connectivity index (χ3n) is 4.48. The molecule has 1 saturated carbocycles. The van der Waals surface area contributed by atoms with E-state index in [0.717, 1.165) is 47.4 Å². The Morgan fingerprint density at radius 1 is 1.32 bits per heavy atom. The zero-order chi connectivity index (χ0) is 13.5. The van der Waals surface area contributed by atoms with E-state index < -0.39 is 0 Å². The predicted octanol–water partition coefficient (Wildman–Crippen LogP) is 4.75. The van der Waals surface area contributed by atoms with Crippen molar-refractivity contribution >= 4 is 21.7 Å². The van der Waals surface area contributed by atoms with Gasteiger partial charge in [-0.05, 0) is 49.8 Å². The molecule has 1 fully saturated rings. The standard InChI is InChI=1S/C16H19BrO2/c1-11-3-2-7-16(8-6-11)10-14(18)13-5-4-12(17)9-15(13)19-16/h4-5,9,11H,2-3,6-8,10H2,1H3. The highest BCUT2D eigenvalue weighted by atomic mass is 79.9. The molecule has 2 nitrogen and oxygen atoms in total. The Morgan fingerprint density at radius 3 is 3.00 bits per heavy atom. The molecule has 1 heterocycles. The molecule has 1 aliphatic carbocycles. The molecule has 0 saturated heterocycles. The number of carbonyl (C=O) groups excluding carboxylic acids is 1. The number of ketones is 1. The molecule has 1 aromatic rings. The minimum atomic E-state index is -0.240. The van der Waals surface area contributed by atoms with Crippen molar-refractivity contribution < 1.29 is 9.53 Å². The maximum absolute atomic E-state index is 12.4. The number of fused-ring (bicyclic) bond motifs is 1. The smallest absolute Gasteiger partial charge is 0.170 e. The maximum Gasteiger partial charge on any atom is 0.170 e. The molecule has 1 spiro atoms. The molecular weight excluding hydrogens is 304 g/mol. The van der Waals surface area contributed by atoms with Gasteiger partial charge in [-0.3, -0.25) is 4.79 Å². The normalized spacial score (nSPS) is 30.6. The lowest BCUT2D eigenvalue weighted by Crippen LogP contribution is -2.41. The molecule has 0 N–H and O–H groups in total. The van der Waals surface area contributed by atoms with Crippen LogP contribution in [0.25, 0.3) is 0 Å². The quantitative estimate of drug-likeness (QED) is 0.688. The van der Waals surface area contributed by atoms with Gasteiger partial charge in [0.05, 0.1) is 12.0 Å². The minimum Gasteiger partial charge on any atom is -0.486 e. The van der Waals surface area contributed by atoms with Gasteiger partial charge in [-0.25, -0.2) is 0 Å². The van der Waals surface area contributed by atoms with Gasteiger partial charge in [-0.2, -0.15) is 0 Å². The van der Waals surface area contributed by atoms with Crippen molar-refractivity contribution in [2.24, 2.45) is 5.92 Å². The lowest BCUT2D eigenvalue weighted by Gasteiger charge is -2.37. The second kappa shape index (κ2) is 4.93. The molecule has 102 valence electrons. The highest BCUT2D eigenvalue weighted by Crippen LogP contribution is 2.42. The van der Waals surface area contributed by atoms with Gasteiger partial charge >= 0.3 is 0 Å². The van der Waals surface area contributed by atoms with E-state index in [-0.39, 0.29) is 11.4 Å². The molecule has 3 rings (SSSR count). The Hall–Kier alpha value is -0.830. The summed E-state index contributed by atoms with van der Waals surface area (Å²) < 4.78 is 7.26. The predicted molar refractivity (Wildman–Crippen MR) is 78.7 cm³/mol. The van der Waals surface area contributed by atoms with Crippen LogP contribution in [0.3, 0.4) is 0 Å². The first-order valence-corrected chi connectivity index (χ1v) is 7.89. The Morgan fingerprint density at radius 2 is 2.16 bits per heavy atom. The number of halogens is 1. The fraction of sp³-hybridized carbons (Fsp3) is 0.562. The lowest BCUT2D eigenvalue weighted by molar-refractivity contribution is 0.0290. The fourth-order valence-electron chi connectivity index (χ4n) is 3.30. The van der Waals surface area contributed by atoms with Crippen LogP contribution >= 0.6 is 15.9 Å². The third-order valence-corrected chi connectivity index (χ3v) is 4.97. The average molecular weight is 323 g/mol. The summed E-state index contributed by atoms with van der Waals surface area (Å²) >= 11 is 3.46. The number of ether oxygens (including phenoxy) is 1. The molecule has 0 amide bonds. The van der Waals surface area contributed by atoms with Crippen LogP contribution in [-0.2, 0) is 0 Å². The van der Waals surface area contributed by atoms with Gasteiger partial charge in [0.1, 0.15) is 11.4 Å². The largest absolute Gasteiger partial charge is 0.486 e. The molecule has 0 radical (unpaired) electrons. The molecule has 0 bridgehead atoms. The van der Waals surface area contributed by atoms with Crippen LogP contribution in [-0.4, -0.2) is 11.4 Å². The number of rotatable bonds is 0. The number of Topliss-reactive ketones (excluding diaryl/α,β-unsaturated/α-hetero) is 1. The molecule has 19 heavy (non-hydrogen) atoms. The average Bonchev–Trinajstić information content (AvgIpc) is 2.52. The van der Waals surface area contributed by atoms with E-state index in [4.69, 9.17) is 4.74 Å². The van der Waals surface area contributed by atoms with Gasteiger partial charge < -0.3 is 4.74 Å². The Bertz CT molecular complexity index is 511. The monoisotopic (exact) mass is 322 g/mol. The second-order valence-corrected chi connectivity index (χ2v) is 6.98. The van der Waals surface area contributed by atoms with Gasteiger partial charge in [-0.1, -0.05) is 29.3 Å². The summed E-state index contributed by atoms with van der Waals surface area (Å²) in [5, 5.41) is 0. The van der Waals surface area contributed by atoms with Crippen LogP contribution in [0.15, 0.2) is 22.7 Å². The molecule has 1 aromatic carbocycles. The maximum atomic E-state index is 12.4. The Kier molecular flexibility index (Phi) is 3.42. The molecule has 2 unspecified atom stereocenters. The highest BCUT2D eigenvalue weighted by Gasteiger charge is 2.41. The van der Waals surface area contributed by atoms with Gasteiger partial charge in [-0.15, -0.1) is 0 Å². The molecule has 1 aliphatic heterocycles. The van der Waals surface area contributed by atoms with Crippen molar-refractivity contribution in [1.29, 1.82) is 0 Å². The molecular formula is C16H19BrO2. The summed E-state index contributed by atoms with van der Waals surface area (Å²) in [6.07, 6.45) is 6.15. The van der Waals surface area contributed by atoms with Crippen LogP contribution in [0.2, 0.25) is 0 Å². The Labute approximate surface area is 122 Å². The first kappa shape index (κ1) is 13.2. The number of hydrogen-bond acceptors (Lipinski definition) is 2. The summed E-state index contributed by atoms with van der Waals surface area (Å²) in [5.74, 6) is 1.76. The van der Waals surface area contributed by atoms with Crippen molar-refractivity contribution in [3.05, 3.63) is 28.2 Å². The molecule has 0 aromatic heterocycles. The van der Waals surface area contributed by atoms with Gasteiger partial charge in [0.15, 0.2) is 5.78 Å². The van der Waals surface area contributed by atoms with Crippen LogP contribution < -0.4 is 4.74 Å². The van der Waals surface area contributed by atoms with E-state index in [1.165, 1.54) is 6.42 Å². The summed E-state index contributed by atoms with van der Waals surface area (Å²) in [5.41, 5.74) is 0.501. The first-order valence-electron chi connectivity index (χ1n) is 7.10. The van der Waals surface area contributed by atoms with E-state index in [0.29, 0.717) is 6.42 Å². The second-order valence-electron chi connectivity index (χ2n) is 6.06. The number of benzene rings is 1. The fourth-order valence-corrected chi connectivity index (χ4v) is 3.64. The van der Waals surface area contributed by atoms with E-state index in [1.54, 1.807) is 0 Å². The molecule has 2 aliphatic rings. The van der Waals surface area contributed by atoms with Crippen LogP contribution in [0.4, 0.5) is 0 Å². The van der Waals surface area contributed by atoms with Gasteiger partial charge in [0.2, 0.25) is 0 Å². The number of carbonyl (C=O) groups is 1. The van der Waals surface area contributed by atoms with Crippen LogP contribution in [0.5, 0.6) is 5.75 Å². The van der Waals surface area contributed by atoms with E-state index in [9.17, 15) is 4.79 Å². The van der Waals surface area contributed by atoms with E-state index in [1.807, 2.05) is 18.2 Å². The van der Waals surface area contributed by atoms with Crippen molar-refractivity contribution in [3.8, 4) is 5.75 Å². The Balaban J connectivity index is 1.93. The zero-order valence-corrected chi connectivity index (χ0v) is 12.8. The van der Waals surface area contributed by atoms with Crippen LogP contribution in [0.1, 0.15) is 55.8 Å². The number of hydrogen-bond donors (Lipinski definition) is 0. The summed E-state index contributed by atoms with van der Waals surface area (Å²) in [7, 11) is 0. The van der Waals surface area contributed by atoms with E-state index in [2.05, 4.69) is 22.9 Å². The minimum absolute atomic E-state index is 0.239. The topological polar surface area (TPSA) is 26.3 Å². The van der Waals surface area contributed by atoms with Gasteiger partial charge in [0.25, 0.3) is 0 Å². The van der Waals surface area contributed by atoms with Crippen molar-refractivity contribution in [2.75, 3.05) is 0 Å². The van der Waals surface area contributed by atoms with Crippen molar-refractivity contribution in [3.63, 3.8) is 0 Å². The van der Waals surface area contributed by atoms with Gasteiger partial charge in [0, 0.05) is 4.47 Å². The van der Waals surface area contributed by atoms with Crippen LogP contribution in [0, 0.1) is 5.92 Å². The zero-order valence-electron chi connectivity index (χ0n) is 11.2. The SMILES string of the molecule is CC1CCCC2(CC1)CC(=O)c1ccc(Br)cc1O2. The van der Waals surface area contributed by atoms with E-state index >= 15 is 0 Å².